The van der Waals surface area contributed by atoms with Crippen LogP contribution in [-0.2, 0) is 21.8 Å². The Kier molecular flexibility index (Phi) is 6.95. The van der Waals surface area contributed by atoms with E-state index in [1.807, 2.05) is 5.10 Å². The Hall–Kier alpha value is -3.23. The zero-order valence-electron chi connectivity index (χ0n) is 20.7. The lowest BCUT2D eigenvalue weighted by Gasteiger charge is -2.34. The first kappa shape index (κ1) is 27.8. The van der Waals surface area contributed by atoms with Gasteiger partial charge in [0, 0.05) is 17.9 Å². The summed E-state index contributed by atoms with van der Waals surface area (Å²) < 4.78 is 96.1. The predicted molar refractivity (Wildman–Crippen MR) is 126 cm³/mol. The van der Waals surface area contributed by atoms with Gasteiger partial charge in [-0.25, -0.2) is 22.7 Å². The van der Waals surface area contributed by atoms with E-state index in [-0.39, 0.29) is 18.6 Å². The second-order valence-electron chi connectivity index (χ2n) is 9.43. The number of aryl methyl sites for hydroxylation is 1. The molecule has 2 heterocycles. The highest BCUT2D eigenvalue weighted by Crippen LogP contribution is 2.48. The van der Waals surface area contributed by atoms with Crippen LogP contribution in [0.25, 0.3) is 0 Å². The van der Waals surface area contributed by atoms with E-state index in [2.05, 4.69) is 9.82 Å². The number of rotatable bonds is 6. The van der Waals surface area contributed by atoms with Gasteiger partial charge in [0.05, 0.1) is 17.8 Å². The van der Waals surface area contributed by atoms with Gasteiger partial charge in [0.1, 0.15) is 22.5 Å². The number of nitrogens with one attached hydrogen (secondary N) is 2. The number of fused-ring (bicyclic) bond motifs is 1. The maximum Gasteiger partial charge on any atom is 0.434 e. The average Bonchev–Trinajstić information content (AvgIpc) is 3.24. The number of alkyl halides is 3. The highest BCUT2D eigenvalue weighted by molar-refractivity contribution is 7.89. The van der Waals surface area contributed by atoms with Crippen molar-refractivity contribution in [3.05, 3.63) is 74.3 Å². The van der Waals surface area contributed by atoms with Gasteiger partial charge in [0.15, 0.2) is 0 Å². The fourth-order valence-electron chi connectivity index (χ4n) is 4.67. The van der Waals surface area contributed by atoms with Crippen molar-refractivity contribution in [3.63, 3.8) is 0 Å². The van der Waals surface area contributed by atoms with Crippen molar-refractivity contribution in [2.45, 2.75) is 62.7 Å². The average molecular weight is 560 g/mol. The van der Waals surface area contributed by atoms with Crippen LogP contribution in [0.5, 0.6) is 5.75 Å². The third kappa shape index (κ3) is 4.95. The Morgan fingerprint density at radius 2 is 1.89 bits per heavy atom. The second-order valence-corrected chi connectivity index (χ2v) is 11.1. The minimum Gasteiger partial charge on any atom is -0.492 e. The molecule has 0 spiro atoms. The molecule has 0 amide bonds. The maximum atomic E-state index is 14.9. The highest BCUT2D eigenvalue weighted by atomic mass is 32.2. The van der Waals surface area contributed by atoms with Gasteiger partial charge in [-0.3, -0.25) is 0 Å². The van der Waals surface area contributed by atoms with Crippen molar-refractivity contribution in [1.29, 1.82) is 0 Å². The van der Waals surface area contributed by atoms with Crippen LogP contribution in [0.4, 0.5) is 17.6 Å². The number of aromatic amines is 1. The molecular weight excluding hydrogens is 534 g/mol. The number of H-pyrrole nitrogens is 1. The Morgan fingerprint density at radius 3 is 2.50 bits per heavy atom. The van der Waals surface area contributed by atoms with Gasteiger partial charge >= 0.3 is 11.9 Å². The van der Waals surface area contributed by atoms with E-state index in [9.17, 15) is 35.9 Å². The monoisotopic (exact) mass is 559 g/mol. The molecule has 1 aliphatic heterocycles. The topological polar surface area (TPSA) is 135 Å². The van der Waals surface area contributed by atoms with Gasteiger partial charge in [-0.15, -0.1) is 5.10 Å². The standard InChI is InChI=1S/C24H25F4N3O6S/c1-11-5-7-15(25)17(12(11)2)13(3)19(21-29-30-22(32)37-21)31-38(34,35)16-8-6-14(24(26,27)28)18-20(16)36-10-9-23(18,4)33/h5-8,13,19,31,33H,9-10H2,1-4H3,(H,30,32)/t13-,19+,23+/m1/s1. The minimum atomic E-state index is -4.90. The number of benzene rings is 2. The van der Waals surface area contributed by atoms with Crippen LogP contribution < -0.4 is 15.2 Å². The molecule has 4 rings (SSSR count). The van der Waals surface area contributed by atoms with E-state index in [1.165, 1.54) is 13.0 Å². The molecule has 0 bridgehead atoms. The van der Waals surface area contributed by atoms with Gasteiger partial charge in [-0.05, 0) is 55.7 Å². The Balaban J connectivity index is 1.87. The molecular formula is C24H25F4N3O6S. The van der Waals surface area contributed by atoms with E-state index in [0.717, 1.165) is 6.92 Å². The fraction of sp³-hybridized carbons (Fsp3) is 0.417. The van der Waals surface area contributed by atoms with Gasteiger partial charge in [-0.1, -0.05) is 13.0 Å². The third-order valence-electron chi connectivity index (χ3n) is 6.78. The van der Waals surface area contributed by atoms with E-state index in [1.54, 1.807) is 19.9 Å². The Morgan fingerprint density at radius 1 is 1.21 bits per heavy atom. The third-order valence-corrected chi connectivity index (χ3v) is 8.25. The molecule has 3 atom stereocenters. The SMILES string of the molecule is Cc1ccc(F)c([C@@H](C)[C@H](NS(=O)(=O)c2ccc(C(F)(F)F)c3c2OCC[C@]3(C)O)c2n[nH]c(=O)o2)c1C. The van der Waals surface area contributed by atoms with Crippen molar-refractivity contribution < 1.29 is 40.2 Å². The number of hydrogen-bond donors (Lipinski definition) is 3. The van der Waals surface area contributed by atoms with Crippen LogP contribution in [-0.4, -0.2) is 30.3 Å². The highest BCUT2D eigenvalue weighted by Gasteiger charge is 2.45. The number of aromatic nitrogens is 2. The lowest BCUT2D eigenvalue weighted by atomic mass is 9.86. The molecule has 0 saturated heterocycles. The number of sulfonamides is 1. The zero-order chi connectivity index (χ0) is 28.2. The molecule has 14 heteroatoms. The first-order chi connectivity index (χ1) is 17.5. The normalized spacial score (nSPS) is 19.5. The Labute approximate surface area is 214 Å². The number of ether oxygens (including phenoxy) is 1. The molecule has 9 nitrogen and oxygen atoms in total. The molecule has 0 fully saturated rings. The molecule has 1 aliphatic rings. The number of hydrogen-bond acceptors (Lipinski definition) is 7. The van der Waals surface area contributed by atoms with Gasteiger partial charge < -0.3 is 14.3 Å². The molecule has 3 aromatic rings. The summed E-state index contributed by atoms with van der Waals surface area (Å²) in [6.07, 6.45) is -5.11. The molecule has 38 heavy (non-hydrogen) atoms. The first-order valence-corrected chi connectivity index (χ1v) is 13.0. The molecule has 0 radical (unpaired) electrons. The van der Waals surface area contributed by atoms with Crippen LogP contribution in [0.15, 0.2) is 38.4 Å². The smallest absolute Gasteiger partial charge is 0.434 e. The summed E-state index contributed by atoms with van der Waals surface area (Å²) in [4.78, 5) is 11.0. The van der Waals surface area contributed by atoms with Crippen LogP contribution in [0.1, 0.15) is 65.9 Å². The van der Waals surface area contributed by atoms with Crippen molar-refractivity contribution in [2.75, 3.05) is 6.61 Å². The molecule has 2 aromatic carbocycles. The molecule has 0 unspecified atom stereocenters. The summed E-state index contributed by atoms with van der Waals surface area (Å²) in [5.41, 5.74) is -2.63. The molecule has 1 aromatic heterocycles. The molecule has 0 aliphatic carbocycles. The van der Waals surface area contributed by atoms with Crippen LogP contribution in [0, 0.1) is 19.7 Å². The van der Waals surface area contributed by atoms with E-state index >= 15 is 0 Å². The molecule has 0 saturated carbocycles. The lowest BCUT2D eigenvalue weighted by Crippen LogP contribution is -2.36. The number of nitrogens with zero attached hydrogens (tertiary/aromatic N) is 1. The summed E-state index contributed by atoms with van der Waals surface area (Å²) in [6, 6.07) is 2.56. The summed E-state index contributed by atoms with van der Waals surface area (Å²) in [5, 5.41) is 16.5. The summed E-state index contributed by atoms with van der Waals surface area (Å²) in [5.74, 6) is -3.71. The van der Waals surface area contributed by atoms with E-state index in [4.69, 9.17) is 9.15 Å². The molecule has 3 N–H and O–H groups in total. The fourth-order valence-corrected chi connectivity index (χ4v) is 6.09. The molecule has 206 valence electrons. The van der Waals surface area contributed by atoms with E-state index < -0.39 is 73.0 Å². The maximum absolute atomic E-state index is 14.9. The summed E-state index contributed by atoms with van der Waals surface area (Å²) >= 11 is 0. The lowest BCUT2D eigenvalue weighted by molar-refractivity contribution is -0.141. The van der Waals surface area contributed by atoms with E-state index in [0.29, 0.717) is 23.3 Å². The quantitative estimate of drug-likeness (QED) is 0.390. The van der Waals surface area contributed by atoms with Gasteiger partial charge in [0.25, 0.3) is 0 Å². The second kappa shape index (κ2) is 9.50. The number of halogens is 4. The van der Waals surface area contributed by atoms with Gasteiger partial charge in [-0.2, -0.15) is 17.9 Å². The largest absolute Gasteiger partial charge is 0.492 e. The van der Waals surface area contributed by atoms with Crippen molar-refractivity contribution in [1.82, 2.24) is 14.9 Å². The predicted octanol–water partition coefficient (Wildman–Crippen LogP) is 3.95. The summed E-state index contributed by atoms with van der Waals surface area (Å²) in [6.45, 7) is 5.75. The zero-order valence-corrected chi connectivity index (χ0v) is 21.6. The summed E-state index contributed by atoms with van der Waals surface area (Å²) in [7, 11) is -4.73. The van der Waals surface area contributed by atoms with Crippen molar-refractivity contribution in [2.24, 2.45) is 0 Å². The van der Waals surface area contributed by atoms with Crippen LogP contribution >= 0.6 is 0 Å². The van der Waals surface area contributed by atoms with Crippen molar-refractivity contribution >= 4 is 10.0 Å². The van der Waals surface area contributed by atoms with Crippen LogP contribution in [0.3, 0.4) is 0 Å². The number of aliphatic hydroxyl groups is 1. The Bertz CT molecular complexity index is 1550. The van der Waals surface area contributed by atoms with Gasteiger partial charge in [0.2, 0.25) is 15.9 Å². The minimum absolute atomic E-state index is 0.122. The first-order valence-electron chi connectivity index (χ1n) is 11.5. The van der Waals surface area contributed by atoms with Crippen LogP contribution in [0.2, 0.25) is 0 Å². The van der Waals surface area contributed by atoms with Crippen molar-refractivity contribution in [3.8, 4) is 5.75 Å².